The molecule has 0 aliphatic heterocycles. The standard InChI is InChI=1S/C26H15ClN2O/c27-26-28-21(16-8-2-1-3-9-16)15-22(29-26)20-14-17-10-4-5-11-18(17)24-19-12-6-7-13-23(19)30-25(20)24/h1-15H. The summed E-state index contributed by atoms with van der Waals surface area (Å²) in [5, 5.41) is 4.68. The zero-order valence-electron chi connectivity index (χ0n) is 15.8. The van der Waals surface area contributed by atoms with E-state index in [9.17, 15) is 0 Å². The van der Waals surface area contributed by atoms with Crippen LogP contribution < -0.4 is 0 Å². The highest BCUT2D eigenvalue weighted by molar-refractivity contribution is 6.28. The lowest BCUT2D eigenvalue weighted by atomic mass is 9.98. The summed E-state index contributed by atoms with van der Waals surface area (Å²) < 4.78 is 6.33. The number of hydrogen-bond acceptors (Lipinski definition) is 3. The molecular weight excluding hydrogens is 392 g/mol. The highest BCUT2D eigenvalue weighted by Gasteiger charge is 2.18. The minimum absolute atomic E-state index is 0.212. The van der Waals surface area contributed by atoms with Crippen molar-refractivity contribution in [1.29, 1.82) is 0 Å². The third-order valence-electron chi connectivity index (χ3n) is 5.41. The summed E-state index contributed by atoms with van der Waals surface area (Å²) in [4.78, 5) is 8.99. The molecule has 142 valence electrons. The predicted octanol–water partition coefficient (Wildman–Crippen LogP) is 7.52. The lowest BCUT2D eigenvalue weighted by molar-refractivity contribution is 0.670. The number of aromatic nitrogens is 2. The first-order valence-electron chi connectivity index (χ1n) is 9.71. The summed E-state index contributed by atoms with van der Waals surface area (Å²) in [6.45, 7) is 0. The fraction of sp³-hybridized carbons (Fsp3) is 0. The zero-order chi connectivity index (χ0) is 20.1. The molecule has 0 N–H and O–H groups in total. The van der Waals surface area contributed by atoms with Crippen molar-refractivity contribution in [3.63, 3.8) is 0 Å². The van der Waals surface area contributed by atoms with Crippen molar-refractivity contribution in [3.8, 4) is 22.5 Å². The quantitative estimate of drug-likeness (QED) is 0.279. The van der Waals surface area contributed by atoms with Gasteiger partial charge in [0.25, 0.3) is 0 Å². The molecule has 2 aromatic heterocycles. The van der Waals surface area contributed by atoms with Gasteiger partial charge in [-0.1, -0.05) is 72.8 Å². The molecular formula is C26H15ClN2O. The molecule has 0 aliphatic rings. The molecule has 2 heterocycles. The molecule has 0 saturated heterocycles. The second-order valence-corrected chi connectivity index (χ2v) is 7.56. The van der Waals surface area contributed by atoms with E-state index in [0.29, 0.717) is 0 Å². The topological polar surface area (TPSA) is 38.9 Å². The summed E-state index contributed by atoms with van der Waals surface area (Å²) in [6, 6.07) is 30.5. The molecule has 30 heavy (non-hydrogen) atoms. The van der Waals surface area contributed by atoms with E-state index < -0.39 is 0 Å². The number of hydrogen-bond donors (Lipinski definition) is 0. The van der Waals surface area contributed by atoms with Gasteiger partial charge in [0.05, 0.1) is 11.4 Å². The molecule has 3 nitrogen and oxygen atoms in total. The molecule has 0 spiro atoms. The summed E-state index contributed by atoms with van der Waals surface area (Å²) in [5.41, 5.74) is 5.08. The molecule has 0 saturated carbocycles. The predicted molar refractivity (Wildman–Crippen MR) is 123 cm³/mol. The molecule has 4 aromatic carbocycles. The van der Waals surface area contributed by atoms with E-state index in [1.165, 1.54) is 0 Å². The number of benzene rings is 4. The van der Waals surface area contributed by atoms with Crippen LogP contribution in [0, 0.1) is 0 Å². The molecule has 6 rings (SSSR count). The van der Waals surface area contributed by atoms with Gasteiger partial charge in [0.2, 0.25) is 5.28 Å². The molecule has 0 fully saturated rings. The van der Waals surface area contributed by atoms with Crippen molar-refractivity contribution in [2.75, 3.05) is 0 Å². The van der Waals surface area contributed by atoms with Gasteiger partial charge in [0.15, 0.2) is 0 Å². The van der Waals surface area contributed by atoms with Crippen LogP contribution in [0.5, 0.6) is 0 Å². The Balaban J connectivity index is 1.72. The summed E-state index contributed by atoms with van der Waals surface area (Å²) in [5.74, 6) is 0. The van der Waals surface area contributed by atoms with Gasteiger partial charge in [-0.3, -0.25) is 0 Å². The largest absolute Gasteiger partial charge is 0.455 e. The van der Waals surface area contributed by atoms with Crippen LogP contribution in [0.15, 0.2) is 95.4 Å². The van der Waals surface area contributed by atoms with Gasteiger partial charge in [0, 0.05) is 21.9 Å². The van der Waals surface area contributed by atoms with Crippen LogP contribution in [0.2, 0.25) is 5.28 Å². The van der Waals surface area contributed by atoms with Crippen molar-refractivity contribution in [3.05, 3.63) is 96.3 Å². The Morgan fingerprint density at radius 1 is 0.667 bits per heavy atom. The van der Waals surface area contributed by atoms with Gasteiger partial charge < -0.3 is 4.42 Å². The van der Waals surface area contributed by atoms with Crippen molar-refractivity contribution < 1.29 is 4.42 Å². The number of nitrogens with zero attached hydrogens (tertiary/aromatic N) is 2. The fourth-order valence-corrected chi connectivity index (χ4v) is 4.26. The Labute approximate surface area is 177 Å². The maximum atomic E-state index is 6.35. The minimum Gasteiger partial charge on any atom is -0.455 e. The van der Waals surface area contributed by atoms with Gasteiger partial charge in [-0.05, 0) is 40.6 Å². The summed E-state index contributed by atoms with van der Waals surface area (Å²) >= 11 is 6.35. The SMILES string of the molecule is Clc1nc(-c2ccccc2)cc(-c2cc3ccccc3c3c2oc2ccccc23)n1. The van der Waals surface area contributed by atoms with Crippen molar-refractivity contribution in [2.24, 2.45) is 0 Å². The van der Waals surface area contributed by atoms with E-state index in [1.54, 1.807) is 0 Å². The Morgan fingerprint density at radius 3 is 2.23 bits per heavy atom. The maximum absolute atomic E-state index is 6.35. The minimum atomic E-state index is 0.212. The third-order valence-corrected chi connectivity index (χ3v) is 5.58. The first-order chi connectivity index (χ1) is 14.8. The van der Waals surface area contributed by atoms with Gasteiger partial charge >= 0.3 is 0 Å². The van der Waals surface area contributed by atoms with Crippen LogP contribution in [-0.2, 0) is 0 Å². The van der Waals surface area contributed by atoms with Crippen molar-refractivity contribution in [1.82, 2.24) is 9.97 Å². The molecule has 0 atom stereocenters. The molecule has 0 radical (unpaired) electrons. The number of rotatable bonds is 2. The van der Waals surface area contributed by atoms with Crippen molar-refractivity contribution >= 4 is 44.3 Å². The van der Waals surface area contributed by atoms with Crippen LogP contribution in [0.25, 0.3) is 55.2 Å². The van der Waals surface area contributed by atoms with Crippen LogP contribution >= 0.6 is 11.6 Å². The Bertz CT molecular complexity index is 1550. The van der Waals surface area contributed by atoms with E-state index >= 15 is 0 Å². The zero-order valence-corrected chi connectivity index (χ0v) is 16.6. The Kier molecular flexibility index (Phi) is 3.83. The number of para-hydroxylation sites is 1. The van der Waals surface area contributed by atoms with Crippen LogP contribution in [0.3, 0.4) is 0 Å². The van der Waals surface area contributed by atoms with E-state index in [4.69, 9.17) is 16.0 Å². The lowest BCUT2D eigenvalue weighted by Gasteiger charge is -2.09. The second-order valence-electron chi connectivity index (χ2n) is 7.22. The van der Waals surface area contributed by atoms with Crippen LogP contribution in [0.1, 0.15) is 0 Å². The smallest absolute Gasteiger partial charge is 0.223 e. The molecule has 0 amide bonds. The molecule has 0 aliphatic carbocycles. The maximum Gasteiger partial charge on any atom is 0.223 e. The second kappa shape index (κ2) is 6.68. The van der Waals surface area contributed by atoms with E-state index in [2.05, 4.69) is 40.3 Å². The molecule has 6 aromatic rings. The molecule has 4 heteroatoms. The number of fused-ring (bicyclic) bond motifs is 5. The summed E-state index contributed by atoms with van der Waals surface area (Å²) in [7, 11) is 0. The number of furan rings is 1. The van der Waals surface area contributed by atoms with Gasteiger partial charge in [-0.15, -0.1) is 0 Å². The van der Waals surface area contributed by atoms with E-state index in [0.717, 1.165) is 55.2 Å². The highest BCUT2D eigenvalue weighted by Crippen LogP contribution is 2.40. The van der Waals surface area contributed by atoms with Crippen LogP contribution in [-0.4, -0.2) is 9.97 Å². The van der Waals surface area contributed by atoms with E-state index in [1.807, 2.05) is 60.7 Å². The van der Waals surface area contributed by atoms with E-state index in [-0.39, 0.29) is 5.28 Å². The first-order valence-corrected chi connectivity index (χ1v) is 10.1. The van der Waals surface area contributed by atoms with Crippen LogP contribution in [0.4, 0.5) is 0 Å². The fourth-order valence-electron chi connectivity index (χ4n) is 4.08. The third kappa shape index (κ3) is 2.67. The molecule has 0 bridgehead atoms. The normalized spacial score (nSPS) is 11.5. The first kappa shape index (κ1) is 17.2. The Morgan fingerprint density at radius 2 is 1.37 bits per heavy atom. The molecule has 0 unspecified atom stereocenters. The number of halogens is 1. The average molecular weight is 407 g/mol. The Hall–Kier alpha value is -3.69. The van der Waals surface area contributed by atoms with Gasteiger partial charge in [-0.2, -0.15) is 0 Å². The lowest BCUT2D eigenvalue weighted by Crippen LogP contribution is -1.92. The highest BCUT2D eigenvalue weighted by atomic mass is 35.5. The summed E-state index contributed by atoms with van der Waals surface area (Å²) in [6.07, 6.45) is 0. The van der Waals surface area contributed by atoms with Crippen molar-refractivity contribution in [2.45, 2.75) is 0 Å². The van der Waals surface area contributed by atoms with Gasteiger partial charge in [0.1, 0.15) is 11.2 Å². The average Bonchev–Trinajstić information content (AvgIpc) is 3.18. The monoisotopic (exact) mass is 406 g/mol. The van der Waals surface area contributed by atoms with Gasteiger partial charge in [-0.25, -0.2) is 9.97 Å².